The lowest BCUT2D eigenvalue weighted by molar-refractivity contribution is -0.114. The summed E-state index contributed by atoms with van der Waals surface area (Å²) in [5, 5.41) is 4.30. The molecule has 2 rings (SSSR count). The van der Waals surface area contributed by atoms with Gasteiger partial charge in [0.05, 0.1) is 13.3 Å². The van der Waals surface area contributed by atoms with Gasteiger partial charge < -0.3 is 4.74 Å². The van der Waals surface area contributed by atoms with E-state index in [1.54, 1.807) is 19.4 Å². The van der Waals surface area contributed by atoms with Crippen LogP contribution in [0.2, 0.25) is 0 Å². The Morgan fingerprint density at radius 3 is 2.69 bits per heavy atom. The molecule has 0 saturated carbocycles. The van der Waals surface area contributed by atoms with Gasteiger partial charge >= 0.3 is 0 Å². The van der Waals surface area contributed by atoms with Crippen LogP contribution < -0.4 is 4.74 Å². The number of rotatable bonds is 3. The van der Waals surface area contributed by atoms with Crippen molar-refractivity contribution in [3.63, 3.8) is 0 Å². The first-order valence-corrected chi connectivity index (χ1v) is 5.48. The van der Waals surface area contributed by atoms with Crippen molar-refractivity contribution in [1.82, 2.24) is 9.78 Å². The van der Waals surface area contributed by atoms with Crippen molar-refractivity contribution in [3.8, 4) is 5.75 Å². The molecule has 1 heterocycles. The predicted molar refractivity (Wildman–Crippen MR) is 61.4 cm³/mol. The van der Waals surface area contributed by atoms with Crippen molar-refractivity contribution >= 4 is 11.4 Å². The Morgan fingerprint density at radius 2 is 2.19 bits per heavy atom. The molecule has 0 unspecified atom stereocenters. The molecule has 1 aromatic heterocycles. The fourth-order valence-corrected chi connectivity index (χ4v) is 1.98. The van der Waals surface area contributed by atoms with Crippen LogP contribution in [0.3, 0.4) is 0 Å². The Labute approximate surface area is 94.9 Å². The lowest BCUT2D eigenvalue weighted by atomic mass is 10.1. The predicted octanol–water partition coefficient (Wildman–Crippen LogP) is 2.22. The van der Waals surface area contributed by atoms with Gasteiger partial charge in [0.2, 0.25) is 0 Å². The van der Waals surface area contributed by atoms with Crippen LogP contribution in [0.25, 0.3) is 5.57 Å². The molecule has 4 heteroatoms. The lowest BCUT2D eigenvalue weighted by Crippen LogP contribution is -2.07. The summed E-state index contributed by atoms with van der Waals surface area (Å²) in [6.45, 7) is 4.13. The summed E-state index contributed by atoms with van der Waals surface area (Å²) < 4.78 is 7.19. The molecule has 0 aromatic carbocycles. The number of carbonyl (C=O) groups is 1. The zero-order valence-corrected chi connectivity index (χ0v) is 9.86. The molecule has 1 aliphatic rings. The van der Waals surface area contributed by atoms with E-state index in [9.17, 15) is 4.79 Å². The van der Waals surface area contributed by atoms with Crippen LogP contribution in [0.5, 0.6) is 5.75 Å². The average Bonchev–Trinajstić information content (AvgIpc) is 2.82. The van der Waals surface area contributed by atoms with E-state index >= 15 is 0 Å². The number of nitrogens with zero attached hydrogens (tertiary/aromatic N) is 2. The average molecular weight is 220 g/mol. The monoisotopic (exact) mass is 220 g/mol. The molecule has 0 amide bonds. The number of methoxy groups -OCH3 is 1. The highest BCUT2D eigenvalue weighted by Gasteiger charge is 2.22. The highest BCUT2D eigenvalue weighted by molar-refractivity contribution is 6.01. The summed E-state index contributed by atoms with van der Waals surface area (Å²) >= 11 is 0. The summed E-state index contributed by atoms with van der Waals surface area (Å²) in [6.07, 6.45) is 4.80. The Morgan fingerprint density at radius 1 is 1.44 bits per heavy atom. The molecule has 0 fully saturated rings. The fourth-order valence-electron chi connectivity index (χ4n) is 1.98. The Bertz CT molecular complexity index is 444. The molecule has 0 bridgehead atoms. The third kappa shape index (κ3) is 1.75. The minimum Gasteiger partial charge on any atom is -0.493 e. The van der Waals surface area contributed by atoms with Crippen LogP contribution >= 0.6 is 0 Å². The third-order valence-corrected chi connectivity index (χ3v) is 2.75. The maximum Gasteiger partial charge on any atom is 0.164 e. The molecular weight excluding hydrogens is 204 g/mol. The number of carbonyl (C=O) groups excluding carboxylic acids is 1. The molecular formula is C12H16N2O2. The van der Waals surface area contributed by atoms with E-state index in [0.29, 0.717) is 6.42 Å². The number of hydrogen-bond donors (Lipinski definition) is 0. The topological polar surface area (TPSA) is 44.1 Å². The first kappa shape index (κ1) is 10.9. The summed E-state index contributed by atoms with van der Waals surface area (Å²) in [5.41, 5.74) is 1.98. The van der Waals surface area contributed by atoms with Crippen LogP contribution in [0.15, 0.2) is 12.3 Å². The second kappa shape index (κ2) is 4.12. The van der Waals surface area contributed by atoms with Crippen molar-refractivity contribution in [2.24, 2.45) is 0 Å². The van der Waals surface area contributed by atoms with Gasteiger partial charge in [-0.3, -0.25) is 9.48 Å². The summed E-state index contributed by atoms with van der Waals surface area (Å²) in [6, 6.07) is 0.260. The van der Waals surface area contributed by atoms with Gasteiger partial charge in [-0.2, -0.15) is 5.10 Å². The van der Waals surface area contributed by atoms with Crippen molar-refractivity contribution < 1.29 is 9.53 Å². The van der Waals surface area contributed by atoms with Crippen LogP contribution in [0.4, 0.5) is 0 Å². The maximum absolute atomic E-state index is 11.3. The Kier molecular flexibility index (Phi) is 2.81. The largest absolute Gasteiger partial charge is 0.493 e. The second-order valence-electron chi connectivity index (χ2n) is 4.24. The van der Waals surface area contributed by atoms with E-state index in [4.69, 9.17) is 4.74 Å². The van der Waals surface area contributed by atoms with Gasteiger partial charge in [-0.1, -0.05) is 0 Å². The molecule has 0 saturated heterocycles. The minimum atomic E-state index is 0.188. The molecule has 86 valence electrons. The fraction of sp³-hybridized carbons (Fsp3) is 0.500. The molecule has 16 heavy (non-hydrogen) atoms. The van der Waals surface area contributed by atoms with Crippen molar-refractivity contribution in [2.45, 2.75) is 32.7 Å². The Hall–Kier alpha value is -1.58. The highest BCUT2D eigenvalue weighted by Crippen LogP contribution is 2.33. The minimum absolute atomic E-state index is 0.188. The lowest BCUT2D eigenvalue weighted by Gasteiger charge is -2.12. The van der Waals surface area contributed by atoms with Crippen LogP contribution in [0.1, 0.15) is 38.4 Å². The van der Waals surface area contributed by atoms with E-state index in [-0.39, 0.29) is 11.8 Å². The number of ether oxygens (including phenoxy) is 1. The van der Waals surface area contributed by atoms with Gasteiger partial charge in [0.15, 0.2) is 11.5 Å². The van der Waals surface area contributed by atoms with Crippen molar-refractivity contribution in [1.29, 1.82) is 0 Å². The first-order chi connectivity index (χ1) is 7.63. The van der Waals surface area contributed by atoms with Gasteiger partial charge in [-0.15, -0.1) is 0 Å². The molecule has 0 radical (unpaired) electrons. The SMILES string of the molecule is COc1cnn(C(C)C)c1C1=CC(=O)CC1. The van der Waals surface area contributed by atoms with E-state index < -0.39 is 0 Å². The maximum atomic E-state index is 11.3. The zero-order valence-electron chi connectivity index (χ0n) is 9.86. The summed E-state index contributed by atoms with van der Waals surface area (Å²) in [5.74, 6) is 0.934. The first-order valence-electron chi connectivity index (χ1n) is 5.48. The molecule has 0 atom stereocenters. The molecule has 1 aliphatic carbocycles. The standard InChI is InChI=1S/C12H16N2O2/c1-8(2)14-12(11(16-3)7-13-14)9-4-5-10(15)6-9/h6-8H,4-5H2,1-3H3. The summed E-state index contributed by atoms with van der Waals surface area (Å²) in [4.78, 5) is 11.3. The van der Waals surface area contributed by atoms with Crippen LogP contribution in [0, 0.1) is 0 Å². The zero-order chi connectivity index (χ0) is 11.7. The smallest absolute Gasteiger partial charge is 0.164 e. The summed E-state index contributed by atoms with van der Waals surface area (Å²) in [7, 11) is 1.63. The van der Waals surface area contributed by atoms with Crippen molar-refractivity contribution in [2.75, 3.05) is 7.11 Å². The van der Waals surface area contributed by atoms with E-state index in [1.807, 2.05) is 4.68 Å². The normalized spacial score (nSPS) is 15.8. The van der Waals surface area contributed by atoms with E-state index in [2.05, 4.69) is 18.9 Å². The van der Waals surface area contributed by atoms with Gasteiger partial charge in [-0.25, -0.2) is 0 Å². The molecule has 0 aliphatic heterocycles. The molecule has 4 nitrogen and oxygen atoms in total. The molecule has 0 spiro atoms. The van der Waals surface area contributed by atoms with Crippen LogP contribution in [-0.2, 0) is 4.79 Å². The van der Waals surface area contributed by atoms with Gasteiger partial charge in [0.1, 0.15) is 5.69 Å². The van der Waals surface area contributed by atoms with Gasteiger partial charge in [-0.05, 0) is 31.9 Å². The van der Waals surface area contributed by atoms with E-state index in [1.165, 1.54) is 0 Å². The molecule has 1 aromatic rings. The van der Waals surface area contributed by atoms with Crippen molar-refractivity contribution in [3.05, 3.63) is 18.0 Å². The molecule has 0 N–H and O–H groups in total. The van der Waals surface area contributed by atoms with E-state index in [0.717, 1.165) is 23.4 Å². The number of allylic oxidation sites excluding steroid dienone is 2. The number of ketones is 1. The highest BCUT2D eigenvalue weighted by atomic mass is 16.5. The Balaban J connectivity index is 2.48. The van der Waals surface area contributed by atoms with Crippen LogP contribution in [-0.4, -0.2) is 22.7 Å². The number of hydrogen-bond acceptors (Lipinski definition) is 3. The third-order valence-electron chi connectivity index (χ3n) is 2.75. The van der Waals surface area contributed by atoms with Gasteiger partial charge in [0.25, 0.3) is 0 Å². The second-order valence-corrected chi connectivity index (χ2v) is 4.24. The number of aromatic nitrogens is 2. The quantitative estimate of drug-likeness (QED) is 0.784. The van der Waals surface area contributed by atoms with Gasteiger partial charge in [0, 0.05) is 12.5 Å².